The van der Waals surface area contributed by atoms with Crippen molar-refractivity contribution in [3.05, 3.63) is 65.7 Å². The van der Waals surface area contributed by atoms with Gasteiger partial charge in [-0.1, -0.05) is 47.1 Å². The Morgan fingerprint density at radius 3 is 2.82 bits per heavy atom. The van der Waals surface area contributed by atoms with Crippen LogP contribution < -0.4 is 5.73 Å². The van der Waals surface area contributed by atoms with E-state index in [-0.39, 0.29) is 18.4 Å². The van der Waals surface area contributed by atoms with E-state index in [1.807, 2.05) is 42.5 Å². The van der Waals surface area contributed by atoms with Crippen LogP contribution in [0.5, 0.6) is 0 Å². The summed E-state index contributed by atoms with van der Waals surface area (Å²) >= 11 is 5.98. The van der Waals surface area contributed by atoms with Crippen LogP contribution >= 0.6 is 24.0 Å². The van der Waals surface area contributed by atoms with Crippen LogP contribution in [0.15, 0.2) is 59.6 Å². The molecule has 1 heterocycles. The van der Waals surface area contributed by atoms with Gasteiger partial charge in [0.1, 0.15) is 5.69 Å². The Morgan fingerprint density at radius 1 is 1.27 bits per heavy atom. The van der Waals surface area contributed by atoms with Crippen LogP contribution in [0.3, 0.4) is 0 Å². The zero-order valence-electron chi connectivity index (χ0n) is 11.8. The number of rotatable bonds is 4. The first-order valence-corrected chi connectivity index (χ1v) is 7.09. The largest absolute Gasteiger partial charge is 0.356 e. The monoisotopic (exact) mass is 334 g/mol. The summed E-state index contributed by atoms with van der Waals surface area (Å²) in [5, 5.41) is 5.75. The Hall–Kier alpha value is -1.81. The molecule has 0 saturated carbocycles. The molecule has 0 aliphatic heterocycles. The second-order valence-electron chi connectivity index (χ2n) is 4.89. The van der Waals surface area contributed by atoms with Crippen molar-refractivity contribution in [2.45, 2.75) is 12.5 Å². The molecule has 1 atom stereocenters. The van der Waals surface area contributed by atoms with Crippen molar-refractivity contribution >= 4 is 35.0 Å². The van der Waals surface area contributed by atoms with Crippen molar-refractivity contribution in [1.82, 2.24) is 5.16 Å². The molecular formula is C17H16Cl2N2O. The lowest BCUT2D eigenvalue weighted by Crippen LogP contribution is -2.10. The fraction of sp³-hybridized carbons (Fsp3) is 0.118. The van der Waals surface area contributed by atoms with Gasteiger partial charge < -0.3 is 10.3 Å². The SMILES string of the molecule is C=CC[C@H](N)c1ccccc1-c1noc2cc(Cl)ccc12.Cl. The maximum Gasteiger partial charge on any atom is 0.169 e. The lowest BCUT2D eigenvalue weighted by atomic mass is 9.95. The number of nitrogens with two attached hydrogens (primary N) is 1. The summed E-state index contributed by atoms with van der Waals surface area (Å²) in [4.78, 5) is 0. The van der Waals surface area contributed by atoms with Crippen LogP contribution in [0.25, 0.3) is 22.2 Å². The fourth-order valence-electron chi connectivity index (χ4n) is 2.45. The number of hydrogen-bond donors (Lipinski definition) is 1. The summed E-state index contributed by atoms with van der Waals surface area (Å²) < 4.78 is 5.38. The van der Waals surface area contributed by atoms with Gasteiger partial charge >= 0.3 is 0 Å². The maximum atomic E-state index is 6.23. The first-order chi connectivity index (χ1) is 10.2. The van der Waals surface area contributed by atoms with Crippen molar-refractivity contribution in [3.63, 3.8) is 0 Å². The van der Waals surface area contributed by atoms with Crippen molar-refractivity contribution in [1.29, 1.82) is 0 Å². The molecule has 0 aliphatic carbocycles. The van der Waals surface area contributed by atoms with Crippen molar-refractivity contribution in [2.24, 2.45) is 5.73 Å². The van der Waals surface area contributed by atoms with Crippen molar-refractivity contribution in [2.75, 3.05) is 0 Å². The Bertz CT molecular complexity index is 798. The molecule has 3 rings (SSSR count). The van der Waals surface area contributed by atoms with Crippen molar-refractivity contribution in [3.8, 4) is 11.3 Å². The molecule has 0 amide bonds. The summed E-state index contributed by atoms with van der Waals surface area (Å²) in [5.74, 6) is 0. The third-order valence-electron chi connectivity index (χ3n) is 3.47. The van der Waals surface area contributed by atoms with Gasteiger partial charge in [-0.15, -0.1) is 19.0 Å². The van der Waals surface area contributed by atoms with Crippen LogP contribution in [0.1, 0.15) is 18.0 Å². The molecule has 5 heteroatoms. The third-order valence-corrected chi connectivity index (χ3v) is 3.71. The van der Waals surface area contributed by atoms with Gasteiger partial charge in [0.2, 0.25) is 0 Å². The van der Waals surface area contributed by atoms with E-state index in [1.54, 1.807) is 6.07 Å². The van der Waals surface area contributed by atoms with Gasteiger partial charge in [-0.3, -0.25) is 0 Å². The molecular weight excluding hydrogens is 319 g/mol. The van der Waals surface area contributed by atoms with Gasteiger partial charge in [0.25, 0.3) is 0 Å². The van der Waals surface area contributed by atoms with E-state index >= 15 is 0 Å². The predicted molar refractivity (Wildman–Crippen MR) is 93.4 cm³/mol. The quantitative estimate of drug-likeness (QED) is 0.671. The molecule has 0 unspecified atom stereocenters. The number of aromatic nitrogens is 1. The summed E-state index contributed by atoms with van der Waals surface area (Å²) in [6.45, 7) is 3.75. The minimum absolute atomic E-state index is 0. The molecule has 2 N–H and O–H groups in total. The number of hydrogen-bond acceptors (Lipinski definition) is 3. The van der Waals surface area contributed by atoms with Gasteiger partial charge in [0.05, 0.1) is 0 Å². The molecule has 0 spiro atoms. The topological polar surface area (TPSA) is 52.0 Å². The lowest BCUT2D eigenvalue weighted by Gasteiger charge is -2.13. The highest BCUT2D eigenvalue weighted by Gasteiger charge is 2.16. The number of fused-ring (bicyclic) bond motifs is 1. The molecule has 0 bridgehead atoms. The molecule has 0 saturated heterocycles. The maximum absolute atomic E-state index is 6.23. The van der Waals surface area contributed by atoms with E-state index in [9.17, 15) is 0 Å². The third kappa shape index (κ3) is 3.02. The van der Waals surface area contributed by atoms with Crippen LogP contribution in [0.4, 0.5) is 0 Å². The van der Waals surface area contributed by atoms with Gasteiger partial charge in [-0.25, -0.2) is 0 Å². The van der Waals surface area contributed by atoms with Crippen LogP contribution in [0.2, 0.25) is 5.02 Å². The first kappa shape index (κ1) is 16.6. The molecule has 0 fully saturated rings. The minimum Gasteiger partial charge on any atom is -0.356 e. The Labute approximate surface area is 140 Å². The van der Waals surface area contributed by atoms with E-state index < -0.39 is 0 Å². The second kappa shape index (κ2) is 6.97. The zero-order valence-corrected chi connectivity index (χ0v) is 13.4. The van der Waals surface area contributed by atoms with Gasteiger partial charge in [-0.05, 0) is 24.1 Å². The first-order valence-electron chi connectivity index (χ1n) is 6.71. The molecule has 0 radical (unpaired) electrons. The smallest absolute Gasteiger partial charge is 0.169 e. The average molecular weight is 335 g/mol. The molecule has 3 aromatic rings. The number of benzene rings is 2. The van der Waals surface area contributed by atoms with E-state index in [2.05, 4.69) is 11.7 Å². The number of nitrogens with zero attached hydrogens (tertiary/aromatic N) is 1. The van der Waals surface area contributed by atoms with E-state index in [1.165, 1.54) is 0 Å². The predicted octanol–water partition coefficient (Wildman–Crippen LogP) is 5.15. The Morgan fingerprint density at radius 2 is 2.05 bits per heavy atom. The van der Waals surface area contributed by atoms with E-state index in [4.69, 9.17) is 21.9 Å². The van der Waals surface area contributed by atoms with Crippen LogP contribution in [-0.4, -0.2) is 5.16 Å². The van der Waals surface area contributed by atoms with E-state index in [0.717, 1.165) is 22.2 Å². The minimum atomic E-state index is -0.113. The molecule has 1 aromatic heterocycles. The second-order valence-corrected chi connectivity index (χ2v) is 5.33. The van der Waals surface area contributed by atoms with Gasteiger partial charge in [0.15, 0.2) is 5.58 Å². The zero-order chi connectivity index (χ0) is 14.8. The standard InChI is InChI=1S/C17H15ClN2O.ClH/c1-2-5-15(19)12-6-3-4-7-13(12)17-14-9-8-11(18)10-16(14)21-20-17;/h2-4,6-10,15H,1,5,19H2;1H/t15-;/m0./s1. The molecule has 22 heavy (non-hydrogen) atoms. The Kier molecular flexibility index (Phi) is 5.24. The average Bonchev–Trinajstić information content (AvgIpc) is 2.90. The molecule has 2 aromatic carbocycles. The normalized spacial score (nSPS) is 11.9. The summed E-state index contributed by atoms with van der Waals surface area (Å²) in [7, 11) is 0. The highest BCUT2D eigenvalue weighted by Crippen LogP contribution is 2.34. The van der Waals surface area contributed by atoms with E-state index in [0.29, 0.717) is 17.0 Å². The van der Waals surface area contributed by atoms with Gasteiger partial charge in [-0.2, -0.15) is 0 Å². The van der Waals surface area contributed by atoms with Crippen LogP contribution in [0, 0.1) is 0 Å². The van der Waals surface area contributed by atoms with Crippen molar-refractivity contribution < 1.29 is 4.52 Å². The fourth-order valence-corrected chi connectivity index (χ4v) is 2.61. The highest BCUT2D eigenvalue weighted by atomic mass is 35.5. The highest BCUT2D eigenvalue weighted by molar-refractivity contribution is 6.31. The van der Waals surface area contributed by atoms with Crippen LogP contribution in [-0.2, 0) is 0 Å². The molecule has 114 valence electrons. The summed E-state index contributed by atoms with van der Waals surface area (Å²) in [6, 6.07) is 13.4. The Balaban J connectivity index is 0.00000176. The van der Waals surface area contributed by atoms with Gasteiger partial charge in [0, 0.05) is 28.1 Å². The lowest BCUT2D eigenvalue weighted by molar-refractivity contribution is 0.459. The summed E-state index contributed by atoms with van der Waals surface area (Å²) in [5.41, 5.74) is 9.70. The molecule has 0 aliphatic rings. The summed E-state index contributed by atoms with van der Waals surface area (Å²) in [6.07, 6.45) is 2.53. The number of halogens is 2. The molecule has 3 nitrogen and oxygen atoms in total.